The third-order valence-electron chi connectivity index (χ3n) is 15.4. The first-order chi connectivity index (χ1) is 29.8. The molecule has 0 radical (unpaired) electrons. The third kappa shape index (κ3) is 10.6. The van der Waals surface area contributed by atoms with Crippen LogP contribution in [0.5, 0.6) is 0 Å². The molecule has 1 spiro atoms. The van der Waals surface area contributed by atoms with E-state index in [-0.39, 0.29) is 49.0 Å². The van der Waals surface area contributed by atoms with Crippen molar-refractivity contribution in [2.75, 3.05) is 60.3 Å². The van der Waals surface area contributed by atoms with Gasteiger partial charge in [-0.1, -0.05) is 84.0 Å². The van der Waals surface area contributed by atoms with Gasteiger partial charge in [-0.3, -0.25) is 4.79 Å². The fourth-order valence-electron chi connectivity index (χ4n) is 12.2. The summed E-state index contributed by atoms with van der Waals surface area (Å²) in [4.78, 5) is 12.5. The van der Waals surface area contributed by atoms with E-state index in [9.17, 15) is 30.3 Å². The zero-order chi connectivity index (χ0) is 44.5. The fraction of sp³-hybridized carbons (Fsp3) is 0.635. The molecule has 7 N–H and O–H groups in total. The number of carbonyl (C=O) groups is 1. The van der Waals surface area contributed by atoms with E-state index in [0.29, 0.717) is 56.7 Å². The topological polar surface area (TPSA) is 161 Å². The van der Waals surface area contributed by atoms with E-state index in [1.807, 2.05) is 26.1 Å². The van der Waals surface area contributed by atoms with E-state index in [1.54, 1.807) is 7.11 Å². The summed E-state index contributed by atoms with van der Waals surface area (Å²) in [6.07, 6.45) is 20.1. The molecular formula is C52H76N2O8. The molecule has 0 amide bonds. The Labute approximate surface area is 371 Å². The SMILES string of the molecule is C=C(C=CC=C(COC[C@H](O)CO)[C@@H]1CC[C@]2([C@@H]1O)[C@@H]1C(=C(C)C=O)[C@H](C=C[C@H]1CCO)C[C@]2(O)CCNC)[C@H]1Cc2cccc(c2)C[C@@](C)(CCOC)NCC2=C[C@@H]1CCC2. The van der Waals surface area contributed by atoms with Crippen molar-refractivity contribution in [3.63, 3.8) is 0 Å². The third-order valence-corrected chi connectivity index (χ3v) is 15.4. The summed E-state index contributed by atoms with van der Waals surface area (Å²) in [6.45, 7) is 10.5. The van der Waals surface area contributed by atoms with Crippen molar-refractivity contribution in [3.8, 4) is 0 Å². The second-order valence-electron chi connectivity index (χ2n) is 19.5. The Morgan fingerprint density at radius 2 is 1.95 bits per heavy atom. The van der Waals surface area contributed by atoms with E-state index >= 15 is 0 Å². The van der Waals surface area contributed by atoms with E-state index in [4.69, 9.17) is 9.47 Å². The zero-order valence-corrected chi connectivity index (χ0v) is 37.9. The molecule has 6 rings (SSSR count). The maximum Gasteiger partial charge on any atom is 0.145 e. The predicted octanol–water partition coefficient (Wildman–Crippen LogP) is 5.74. The minimum atomic E-state index is -1.26. The Morgan fingerprint density at radius 1 is 1.15 bits per heavy atom. The standard InChI is InChI=1S/C52H76N2O8/c1-35(46-27-37-10-7-11-38(25-37)28-50(3,21-24-61-5)54-30-39-12-8-13-41(46)26-39)9-6-14-43(33-62-34-44(58)32-57)45-17-19-52(49(45)59)48-40(18-23-55)15-16-42(47(48)36(2)31-56)29-51(52,60)20-22-53-4/h6-7,9-11,14-16,25-26,31,40-42,44-46,48-49,53-55,57-60H,1,8,12-13,17-24,27-30,32-34H2,2-5H3/t40-,41-,42+,44+,45-,46+,48-,49+,50+,51+,52+/m0/s1. The van der Waals surface area contributed by atoms with Gasteiger partial charge in [-0.05, 0) is 144 Å². The average Bonchev–Trinajstić information content (AvgIpc) is 3.62. The van der Waals surface area contributed by atoms with Gasteiger partial charge in [0.25, 0.3) is 0 Å². The molecule has 0 saturated heterocycles. The molecule has 4 aliphatic carbocycles. The van der Waals surface area contributed by atoms with Gasteiger partial charge in [0, 0.05) is 49.7 Å². The summed E-state index contributed by atoms with van der Waals surface area (Å²) in [6, 6.07) is 8.99. The van der Waals surface area contributed by atoms with Gasteiger partial charge in [-0.25, -0.2) is 0 Å². The number of rotatable bonds is 18. The molecule has 1 aliphatic heterocycles. The minimum Gasteiger partial charge on any atom is -0.396 e. The Kier molecular flexibility index (Phi) is 17.0. The van der Waals surface area contributed by atoms with Crippen LogP contribution in [0.1, 0.15) is 82.8 Å². The van der Waals surface area contributed by atoms with Gasteiger partial charge < -0.3 is 45.6 Å². The van der Waals surface area contributed by atoms with Crippen molar-refractivity contribution < 1.29 is 39.8 Å². The first kappa shape index (κ1) is 48.4. The highest BCUT2D eigenvalue weighted by Crippen LogP contribution is 2.67. The Hall–Kier alpha value is -3.03. The number of carbonyl (C=O) groups excluding carboxylic acids is 1. The van der Waals surface area contributed by atoms with Gasteiger partial charge in [-0.15, -0.1) is 0 Å². The quantitative estimate of drug-likeness (QED) is 0.0420. The Morgan fingerprint density at radius 3 is 2.69 bits per heavy atom. The largest absolute Gasteiger partial charge is 0.396 e. The molecule has 6 bridgehead atoms. The number of hydrogen-bond acceptors (Lipinski definition) is 10. The van der Waals surface area contributed by atoms with Gasteiger partial charge in [0.15, 0.2) is 0 Å². The molecular weight excluding hydrogens is 781 g/mol. The number of methoxy groups -OCH3 is 1. The highest BCUT2D eigenvalue weighted by molar-refractivity contribution is 5.74. The van der Waals surface area contributed by atoms with Gasteiger partial charge >= 0.3 is 0 Å². The summed E-state index contributed by atoms with van der Waals surface area (Å²) in [5, 5.41) is 63.2. The first-order valence-corrected chi connectivity index (χ1v) is 23.3. The van der Waals surface area contributed by atoms with Crippen LogP contribution >= 0.6 is 0 Å². The van der Waals surface area contributed by atoms with E-state index < -0.39 is 35.7 Å². The molecule has 11 atom stereocenters. The number of nitrogens with one attached hydrogen (secondary N) is 2. The van der Waals surface area contributed by atoms with Crippen LogP contribution in [0.2, 0.25) is 0 Å². The van der Waals surface area contributed by atoms with Crippen LogP contribution in [-0.2, 0) is 27.1 Å². The highest BCUT2D eigenvalue weighted by atomic mass is 16.5. The molecule has 0 aromatic heterocycles. The molecule has 62 heavy (non-hydrogen) atoms. The van der Waals surface area contributed by atoms with Gasteiger partial charge in [0.2, 0.25) is 0 Å². The molecule has 2 fully saturated rings. The van der Waals surface area contributed by atoms with Crippen LogP contribution < -0.4 is 10.6 Å². The first-order valence-electron chi connectivity index (χ1n) is 23.3. The number of aliphatic hydroxyl groups is 5. The molecule has 2 saturated carbocycles. The number of ether oxygens (including phenoxy) is 2. The average molecular weight is 857 g/mol. The van der Waals surface area contributed by atoms with E-state index in [2.05, 4.69) is 72.7 Å². The van der Waals surface area contributed by atoms with Gasteiger partial charge in [0.1, 0.15) is 12.4 Å². The second kappa shape index (κ2) is 21.8. The second-order valence-corrected chi connectivity index (χ2v) is 19.5. The molecule has 1 aromatic rings. The highest BCUT2D eigenvalue weighted by Gasteiger charge is 2.68. The van der Waals surface area contributed by atoms with Crippen LogP contribution in [-0.4, -0.2) is 115 Å². The van der Waals surface area contributed by atoms with Gasteiger partial charge in [-0.2, -0.15) is 0 Å². The lowest BCUT2D eigenvalue weighted by molar-refractivity contribution is -0.194. The number of aliphatic hydroxyl groups excluding tert-OH is 4. The number of hydrogen-bond donors (Lipinski definition) is 7. The van der Waals surface area contributed by atoms with E-state index in [1.165, 1.54) is 16.7 Å². The van der Waals surface area contributed by atoms with Crippen LogP contribution in [0.15, 0.2) is 95.2 Å². The lowest BCUT2D eigenvalue weighted by Crippen LogP contribution is -2.65. The Bertz CT molecular complexity index is 1850. The van der Waals surface area contributed by atoms with E-state index in [0.717, 1.165) is 68.1 Å². The number of aldehydes is 1. The molecule has 1 heterocycles. The summed E-state index contributed by atoms with van der Waals surface area (Å²) in [7, 11) is 3.63. The molecule has 1 aromatic carbocycles. The monoisotopic (exact) mass is 857 g/mol. The lowest BCUT2D eigenvalue weighted by atomic mass is 9.45. The normalized spacial score (nSPS) is 35.0. The lowest BCUT2D eigenvalue weighted by Gasteiger charge is -2.61. The summed E-state index contributed by atoms with van der Waals surface area (Å²) in [5.41, 5.74) is 5.16. The molecule has 342 valence electrons. The van der Waals surface area contributed by atoms with Crippen molar-refractivity contribution in [2.45, 2.75) is 108 Å². The van der Waals surface area contributed by atoms with Gasteiger partial charge in [0.05, 0.1) is 31.5 Å². The maximum atomic E-state index is 13.0. The molecule has 10 nitrogen and oxygen atoms in total. The molecule has 10 heteroatoms. The number of fused-ring (bicyclic) bond motifs is 6. The summed E-state index contributed by atoms with van der Waals surface area (Å²) < 4.78 is 11.6. The van der Waals surface area contributed by atoms with Crippen molar-refractivity contribution in [1.82, 2.24) is 10.6 Å². The number of benzene rings is 1. The zero-order valence-electron chi connectivity index (χ0n) is 37.9. The predicted molar refractivity (Wildman–Crippen MR) is 245 cm³/mol. The molecule has 0 unspecified atom stereocenters. The Balaban J connectivity index is 1.34. The van der Waals surface area contributed by atoms with Crippen molar-refractivity contribution in [2.24, 2.45) is 40.9 Å². The smallest absolute Gasteiger partial charge is 0.145 e. The van der Waals surface area contributed by atoms with Crippen LogP contribution in [0.4, 0.5) is 0 Å². The summed E-state index contributed by atoms with van der Waals surface area (Å²) in [5.74, 6) is -0.549. The van der Waals surface area contributed by atoms with Crippen LogP contribution in [0, 0.1) is 40.9 Å². The molecule has 5 aliphatic rings. The fourth-order valence-corrected chi connectivity index (χ4v) is 12.2. The summed E-state index contributed by atoms with van der Waals surface area (Å²) >= 11 is 0. The maximum absolute atomic E-state index is 13.0. The van der Waals surface area contributed by atoms with Crippen molar-refractivity contribution >= 4 is 6.29 Å². The van der Waals surface area contributed by atoms with Crippen molar-refractivity contribution in [3.05, 3.63) is 106 Å². The number of allylic oxidation sites excluding steroid dienone is 9. The minimum absolute atomic E-state index is 0.0510. The van der Waals surface area contributed by atoms with Crippen molar-refractivity contribution in [1.29, 1.82) is 0 Å². The van der Waals surface area contributed by atoms with Crippen LogP contribution in [0.3, 0.4) is 0 Å². The van der Waals surface area contributed by atoms with Crippen LogP contribution in [0.25, 0.3) is 0 Å².